The van der Waals surface area contributed by atoms with Crippen molar-refractivity contribution in [3.63, 3.8) is 0 Å². The third-order valence-corrected chi connectivity index (χ3v) is 5.38. The van der Waals surface area contributed by atoms with Crippen molar-refractivity contribution in [3.05, 3.63) is 30.3 Å². The smallest absolute Gasteiger partial charge is 0.317 e. The lowest BCUT2D eigenvalue weighted by Gasteiger charge is -2.40. The molecule has 0 radical (unpaired) electrons. The Labute approximate surface area is 155 Å². The summed E-state index contributed by atoms with van der Waals surface area (Å²) in [6, 6.07) is 10.0. The van der Waals surface area contributed by atoms with Crippen LogP contribution in [0.5, 0.6) is 0 Å². The van der Waals surface area contributed by atoms with Gasteiger partial charge in [0.25, 0.3) is 0 Å². The largest absolute Gasteiger partial charge is 0.337 e. The number of carbonyl (C=O) groups is 2. The van der Waals surface area contributed by atoms with Crippen molar-refractivity contribution in [2.24, 2.45) is 0 Å². The van der Waals surface area contributed by atoms with Gasteiger partial charge in [-0.1, -0.05) is 37.5 Å². The number of hydrogen-bond acceptors (Lipinski definition) is 3. The van der Waals surface area contributed by atoms with Crippen LogP contribution in [0.3, 0.4) is 0 Å². The average molecular weight is 358 g/mol. The van der Waals surface area contributed by atoms with E-state index in [9.17, 15) is 9.59 Å². The Morgan fingerprint density at radius 2 is 1.65 bits per heavy atom. The third-order valence-electron chi connectivity index (χ3n) is 5.38. The van der Waals surface area contributed by atoms with Crippen LogP contribution in [0.4, 0.5) is 10.5 Å². The molecule has 1 aromatic carbocycles. The molecule has 3 amide bonds. The molecule has 0 aromatic heterocycles. The van der Waals surface area contributed by atoms with Crippen LogP contribution in [-0.2, 0) is 4.79 Å². The molecule has 1 saturated carbocycles. The molecule has 2 aliphatic rings. The molecule has 3 rings (SSSR count). The summed E-state index contributed by atoms with van der Waals surface area (Å²) in [4.78, 5) is 28.6. The van der Waals surface area contributed by atoms with Gasteiger partial charge >= 0.3 is 6.03 Å². The Bertz CT molecular complexity index is 579. The number of hydrogen-bond donors (Lipinski definition) is 2. The molecule has 6 nitrogen and oxygen atoms in total. The van der Waals surface area contributed by atoms with E-state index >= 15 is 0 Å². The number of anilines is 1. The molecule has 142 valence electrons. The Morgan fingerprint density at radius 3 is 2.35 bits per heavy atom. The first-order chi connectivity index (χ1) is 12.7. The van der Waals surface area contributed by atoms with Gasteiger partial charge in [-0.05, 0) is 25.0 Å². The van der Waals surface area contributed by atoms with Gasteiger partial charge in [-0.2, -0.15) is 0 Å². The number of amides is 3. The highest BCUT2D eigenvalue weighted by atomic mass is 16.2. The van der Waals surface area contributed by atoms with Crippen LogP contribution in [0.15, 0.2) is 30.3 Å². The summed E-state index contributed by atoms with van der Waals surface area (Å²) < 4.78 is 0. The van der Waals surface area contributed by atoms with Crippen molar-refractivity contribution in [2.45, 2.75) is 44.6 Å². The highest BCUT2D eigenvalue weighted by Gasteiger charge is 2.26. The van der Waals surface area contributed by atoms with E-state index in [4.69, 9.17) is 0 Å². The Kier molecular flexibility index (Phi) is 6.89. The van der Waals surface area contributed by atoms with Crippen molar-refractivity contribution < 1.29 is 9.59 Å². The summed E-state index contributed by atoms with van der Waals surface area (Å²) in [6.45, 7) is 3.84. The highest BCUT2D eigenvalue weighted by Crippen LogP contribution is 2.23. The fraction of sp³-hybridized carbons (Fsp3) is 0.600. The molecular formula is C20H30N4O2. The molecule has 0 bridgehead atoms. The molecule has 1 aromatic rings. The van der Waals surface area contributed by atoms with E-state index in [0.717, 1.165) is 37.9 Å². The zero-order chi connectivity index (χ0) is 18.2. The first-order valence-corrected chi connectivity index (χ1v) is 9.84. The lowest BCUT2D eigenvalue weighted by Crippen LogP contribution is -2.54. The molecule has 2 N–H and O–H groups in total. The van der Waals surface area contributed by atoms with E-state index in [2.05, 4.69) is 15.5 Å². The number of piperazine rings is 1. The van der Waals surface area contributed by atoms with E-state index in [1.54, 1.807) is 0 Å². The maximum atomic E-state index is 12.3. The van der Waals surface area contributed by atoms with Crippen molar-refractivity contribution in [2.75, 3.05) is 38.0 Å². The maximum Gasteiger partial charge on any atom is 0.317 e. The highest BCUT2D eigenvalue weighted by molar-refractivity contribution is 5.91. The molecule has 1 aliphatic carbocycles. The van der Waals surface area contributed by atoms with Crippen LogP contribution in [0.1, 0.15) is 38.5 Å². The molecule has 26 heavy (non-hydrogen) atoms. The first kappa shape index (κ1) is 18.7. The number of nitrogens with zero attached hydrogens (tertiary/aromatic N) is 2. The average Bonchev–Trinajstić information content (AvgIpc) is 2.69. The monoisotopic (exact) mass is 358 g/mol. The van der Waals surface area contributed by atoms with Crippen LogP contribution in [-0.4, -0.2) is 60.5 Å². The quantitative estimate of drug-likeness (QED) is 0.850. The Balaban J connectivity index is 1.32. The molecule has 0 atom stereocenters. The molecule has 1 aliphatic heterocycles. The SMILES string of the molecule is O=C(CCNC(=O)N1CCN(C2CCCCC2)CC1)Nc1ccccc1. The topological polar surface area (TPSA) is 64.7 Å². The summed E-state index contributed by atoms with van der Waals surface area (Å²) in [5, 5.41) is 5.70. The lowest BCUT2D eigenvalue weighted by molar-refractivity contribution is -0.116. The Hall–Kier alpha value is -2.08. The van der Waals surface area contributed by atoms with Gasteiger partial charge in [0.1, 0.15) is 0 Å². The summed E-state index contributed by atoms with van der Waals surface area (Å²) in [5.41, 5.74) is 0.780. The van der Waals surface area contributed by atoms with E-state index in [1.165, 1.54) is 32.1 Å². The summed E-state index contributed by atoms with van der Waals surface area (Å²) in [6.07, 6.45) is 6.96. The predicted octanol–water partition coefficient (Wildman–Crippen LogP) is 2.68. The second-order valence-electron chi connectivity index (χ2n) is 7.21. The molecule has 2 fully saturated rings. The van der Waals surface area contributed by atoms with E-state index in [0.29, 0.717) is 6.54 Å². The molecule has 1 saturated heterocycles. The standard InChI is InChI=1S/C20H30N4O2/c25-19(22-17-7-3-1-4-8-17)11-12-21-20(26)24-15-13-23(14-16-24)18-9-5-2-6-10-18/h1,3-4,7-8,18H,2,5-6,9-16H2,(H,21,26)(H,22,25). The van der Waals surface area contributed by atoms with Crippen molar-refractivity contribution >= 4 is 17.6 Å². The third kappa shape index (κ3) is 5.46. The van der Waals surface area contributed by atoms with Crippen LogP contribution < -0.4 is 10.6 Å². The van der Waals surface area contributed by atoms with Gasteiger partial charge in [-0.3, -0.25) is 9.69 Å². The van der Waals surface area contributed by atoms with E-state index in [-0.39, 0.29) is 18.4 Å². The molecule has 1 heterocycles. The number of para-hydroxylation sites is 1. The van der Waals surface area contributed by atoms with Gasteiger partial charge in [0.05, 0.1) is 0 Å². The van der Waals surface area contributed by atoms with Crippen LogP contribution in [0.25, 0.3) is 0 Å². The minimum atomic E-state index is -0.0846. The van der Waals surface area contributed by atoms with Gasteiger partial charge in [0, 0.05) is 50.9 Å². The molecular weight excluding hydrogens is 328 g/mol. The Morgan fingerprint density at radius 1 is 0.962 bits per heavy atom. The van der Waals surface area contributed by atoms with Gasteiger partial charge in [-0.25, -0.2) is 4.79 Å². The van der Waals surface area contributed by atoms with Crippen LogP contribution >= 0.6 is 0 Å². The summed E-state index contributed by atoms with van der Waals surface area (Å²) in [7, 11) is 0. The zero-order valence-corrected chi connectivity index (χ0v) is 15.5. The van der Waals surface area contributed by atoms with Crippen molar-refractivity contribution in [1.82, 2.24) is 15.1 Å². The van der Waals surface area contributed by atoms with Crippen LogP contribution in [0, 0.1) is 0 Å². The fourth-order valence-corrected chi connectivity index (χ4v) is 3.88. The zero-order valence-electron chi connectivity index (χ0n) is 15.5. The fourth-order valence-electron chi connectivity index (χ4n) is 3.88. The number of urea groups is 1. The number of benzene rings is 1. The lowest BCUT2D eigenvalue weighted by atomic mass is 9.94. The van der Waals surface area contributed by atoms with Crippen LogP contribution in [0.2, 0.25) is 0 Å². The molecule has 0 spiro atoms. The van der Waals surface area contributed by atoms with E-state index in [1.807, 2.05) is 35.2 Å². The molecule has 6 heteroatoms. The minimum absolute atomic E-state index is 0.0548. The van der Waals surface area contributed by atoms with Gasteiger partial charge in [0.2, 0.25) is 5.91 Å². The minimum Gasteiger partial charge on any atom is -0.337 e. The van der Waals surface area contributed by atoms with Gasteiger partial charge in [-0.15, -0.1) is 0 Å². The predicted molar refractivity (Wildman–Crippen MR) is 103 cm³/mol. The first-order valence-electron chi connectivity index (χ1n) is 9.84. The normalized spacial score (nSPS) is 19.2. The van der Waals surface area contributed by atoms with Gasteiger partial charge < -0.3 is 15.5 Å². The summed E-state index contributed by atoms with van der Waals surface area (Å²) >= 11 is 0. The summed E-state index contributed by atoms with van der Waals surface area (Å²) in [5.74, 6) is -0.0846. The van der Waals surface area contributed by atoms with Crippen molar-refractivity contribution in [3.8, 4) is 0 Å². The van der Waals surface area contributed by atoms with E-state index < -0.39 is 0 Å². The number of rotatable bonds is 5. The number of nitrogens with one attached hydrogen (secondary N) is 2. The molecule has 0 unspecified atom stereocenters. The second kappa shape index (κ2) is 9.57. The maximum absolute atomic E-state index is 12.3. The second-order valence-corrected chi connectivity index (χ2v) is 7.21. The van der Waals surface area contributed by atoms with Gasteiger partial charge in [0.15, 0.2) is 0 Å². The number of carbonyl (C=O) groups excluding carboxylic acids is 2. The van der Waals surface area contributed by atoms with Crippen molar-refractivity contribution in [1.29, 1.82) is 0 Å².